The molecular weight excluding hydrogens is 152 g/mol. The molecule has 0 aromatic heterocycles. The molecule has 0 aromatic carbocycles. The number of rotatable bonds is 0. The fraction of sp³-hybridized carbons (Fsp3) is 0.800. The summed E-state index contributed by atoms with van der Waals surface area (Å²) in [6, 6.07) is 0. The summed E-state index contributed by atoms with van der Waals surface area (Å²) in [4.78, 5) is 23.3. The van der Waals surface area contributed by atoms with Crippen molar-refractivity contribution in [1.29, 1.82) is 0 Å². The van der Waals surface area contributed by atoms with Gasteiger partial charge in [-0.15, -0.1) is 0 Å². The molecule has 0 heterocycles. The molecule has 2 heteroatoms. The second kappa shape index (κ2) is 1.98. The largest absolute Gasteiger partial charge is 0.299 e. The van der Waals surface area contributed by atoms with Crippen LogP contribution in [0, 0.1) is 23.7 Å². The molecule has 3 saturated carbocycles. The van der Waals surface area contributed by atoms with Crippen molar-refractivity contribution in [3.05, 3.63) is 0 Å². The van der Waals surface area contributed by atoms with E-state index in [2.05, 4.69) is 0 Å². The summed E-state index contributed by atoms with van der Waals surface area (Å²) in [6.07, 6.45) is 3.99. The average molecular weight is 164 g/mol. The first-order valence-corrected chi connectivity index (χ1v) is 4.86. The maximum atomic E-state index is 11.6. The standard InChI is InChI=1S/C10H12O2/c11-9-5-1-2-6(9)8-4-3-7(5)10(8)12/h5-8H,1-4H2/t5-,6+,7-,8+. The molecule has 4 bridgehead atoms. The SMILES string of the molecule is O=C1[C@H]2CC[C@@H]1[C@H]1CC[C@@H]2C1=O. The summed E-state index contributed by atoms with van der Waals surface area (Å²) in [6.45, 7) is 0. The van der Waals surface area contributed by atoms with Gasteiger partial charge in [0.25, 0.3) is 0 Å². The van der Waals surface area contributed by atoms with Crippen LogP contribution in [0.15, 0.2) is 0 Å². The maximum absolute atomic E-state index is 11.6. The summed E-state index contributed by atoms with van der Waals surface area (Å²) < 4.78 is 0. The Bertz CT molecular complexity index is 217. The lowest BCUT2D eigenvalue weighted by Crippen LogP contribution is -2.36. The van der Waals surface area contributed by atoms with Gasteiger partial charge in [0.15, 0.2) is 0 Å². The van der Waals surface area contributed by atoms with Crippen LogP contribution in [0.25, 0.3) is 0 Å². The zero-order valence-corrected chi connectivity index (χ0v) is 6.95. The third kappa shape index (κ3) is 0.584. The molecule has 0 unspecified atom stereocenters. The summed E-state index contributed by atoms with van der Waals surface area (Å²) in [5, 5.41) is 0. The molecule has 0 radical (unpaired) electrons. The Labute approximate surface area is 71.3 Å². The van der Waals surface area contributed by atoms with Crippen LogP contribution in [0.2, 0.25) is 0 Å². The van der Waals surface area contributed by atoms with Crippen LogP contribution >= 0.6 is 0 Å². The molecule has 0 N–H and O–H groups in total. The molecule has 3 aliphatic rings. The Morgan fingerprint density at radius 1 is 0.667 bits per heavy atom. The van der Waals surface area contributed by atoms with Crippen molar-refractivity contribution < 1.29 is 9.59 Å². The van der Waals surface area contributed by atoms with E-state index in [0.29, 0.717) is 11.6 Å². The van der Waals surface area contributed by atoms with Crippen molar-refractivity contribution in [2.75, 3.05) is 0 Å². The van der Waals surface area contributed by atoms with Gasteiger partial charge in [-0.25, -0.2) is 0 Å². The molecule has 3 fully saturated rings. The van der Waals surface area contributed by atoms with Crippen LogP contribution < -0.4 is 0 Å². The third-order valence-electron chi connectivity index (χ3n) is 4.01. The average Bonchev–Trinajstić information content (AvgIpc) is 2.41. The predicted molar refractivity (Wildman–Crippen MR) is 42.4 cm³/mol. The van der Waals surface area contributed by atoms with Gasteiger partial charge in [0.1, 0.15) is 11.6 Å². The van der Waals surface area contributed by atoms with Crippen molar-refractivity contribution in [2.45, 2.75) is 25.7 Å². The van der Waals surface area contributed by atoms with Gasteiger partial charge in [0.2, 0.25) is 0 Å². The van der Waals surface area contributed by atoms with E-state index in [-0.39, 0.29) is 23.7 Å². The van der Waals surface area contributed by atoms with Gasteiger partial charge in [0, 0.05) is 23.7 Å². The minimum Gasteiger partial charge on any atom is -0.299 e. The van der Waals surface area contributed by atoms with Gasteiger partial charge in [0.05, 0.1) is 0 Å². The highest BCUT2D eigenvalue weighted by Crippen LogP contribution is 2.51. The summed E-state index contributed by atoms with van der Waals surface area (Å²) in [5.41, 5.74) is 0. The quantitative estimate of drug-likeness (QED) is 0.539. The molecule has 4 atom stereocenters. The van der Waals surface area contributed by atoms with E-state index in [9.17, 15) is 9.59 Å². The van der Waals surface area contributed by atoms with Crippen LogP contribution in [0.3, 0.4) is 0 Å². The van der Waals surface area contributed by atoms with E-state index in [0.717, 1.165) is 25.7 Å². The Morgan fingerprint density at radius 3 is 1.17 bits per heavy atom. The van der Waals surface area contributed by atoms with Crippen LogP contribution in [0.4, 0.5) is 0 Å². The number of hydrogen-bond acceptors (Lipinski definition) is 2. The Kier molecular flexibility index (Phi) is 1.12. The predicted octanol–water partition coefficient (Wildman–Crippen LogP) is 1.19. The highest BCUT2D eigenvalue weighted by Gasteiger charge is 2.56. The first kappa shape index (κ1) is 6.81. The monoisotopic (exact) mass is 164 g/mol. The van der Waals surface area contributed by atoms with Crippen molar-refractivity contribution in [3.8, 4) is 0 Å². The number of carbonyl (C=O) groups excluding carboxylic acids is 2. The normalized spacial score (nSPS) is 50.3. The van der Waals surface area contributed by atoms with Gasteiger partial charge in [-0.3, -0.25) is 9.59 Å². The summed E-state index contributed by atoms with van der Waals surface area (Å²) >= 11 is 0. The first-order valence-electron chi connectivity index (χ1n) is 4.86. The highest BCUT2D eigenvalue weighted by molar-refractivity contribution is 6.01. The molecule has 2 nitrogen and oxygen atoms in total. The molecular formula is C10H12O2. The van der Waals surface area contributed by atoms with E-state index in [1.165, 1.54) is 0 Å². The molecule has 3 rings (SSSR count). The van der Waals surface area contributed by atoms with Crippen molar-refractivity contribution >= 4 is 11.6 Å². The minimum absolute atomic E-state index is 0.140. The maximum Gasteiger partial charge on any atom is 0.140 e. The molecule has 12 heavy (non-hydrogen) atoms. The minimum atomic E-state index is 0.140. The van der Waals surface area contributed by atoms with Gasteiger partial charge in [-0.2, -0.15) is 0 Å². The number of Topliss-reactive ketones (excluding diaryl/α,β-unsaturated/α-hetero) is 2. The fourth-order valence-electron chi connectivity index (χ4n) is 3.44. The topological polar surface area (TPSA) is 34.1 Å². The van der Waals surface area contributed by atoms with Crippen molar-refractivity contribution in [3.63, 3.8) is 0 Å². The van der Waals surface area contributed by atoms with E-state index in [4.69, 9.17) is 0 Å². The van der Waals surface area contributed by atoms with Gasteiger partial charge in [-0.05, 0) is 25.7 Å². The van der Waals surface area contributed by atoms with Crippen molar-refractivity contribution in [1.82, 2.24) is 0 Å². The number of fused-ring (bicyclic) bond motifs is 6. The Hall–Kier alpha value is -0.660. The smallest absolute Gasteiger partial charge is 0.140 e. The van der Waals surface area contributed by atoms with Crippen LogP contribution in [-0.4, -0.2) is 11.6 Å². The lowest BCUT2D eigenvalue weighted by molar-refractivity contribution is -0.139. The first-order chi connectivity index (χ1) is 5.79. The van der Waals surface area contributed by atoms with Crippen molar-refractivity contribution in [2.24, 2.45) is 23.7 Å². The van der Waals surface area contributed by atoms with Gasteiger partial charge in [-0.1, -0.05) is 0 Å². The Morgan fingerprint density at radius 2 is 0.917 bits per heavy atom. The lowest BCUT2D eigenvalue weighted by atomic mass is 9.78. The summed E-state index contributed by atoms with van der Waals surface area (Å²) in [7, 11) is 0. The number of ketones is 2. The van der Waals surface area contributed by atoms with E-state index in [1.54, 1.807) is 0 Å². The van der Waals surface area contributed by atoms with E-state index < -0.39 is 0 Å². The van der Waals surface area contributed by atoms with E-state index in [1.807, 2.05) is 0 Å². The van der Waals surface area contributed by atoms with Gasteiger partial charge >= 0.3 is 0 Å². The molecule has 0 spiro atoms. The van der Waals surface area contributed by atoms with Crippen LogP contribution in [-0.2, 0) is 9.59 Å². The Balaban J connectivity index is 2.09. The summed E-state index contributed by atoms with van der Waals surface area (Å²) in [5.74, 6) is 1.40. The highest BCUT2D eigenvalue weighted by atomic mass is 16.1. The van der Waals surface area contributed by atoms with E-state index >= 15 is 0 Å². The van der Waals surface area contributed by atoms with Crippen LogP contribution in [0.1, 0.15) is 25.7 Å². The lowest BCUT2D eigenvalue weighted by Gasteiger charge is -2.23. The molecule has 64 valence electrons. The van der Waals surface area contributed by atoms with Gasteiger partial charge < -0.3 is 0 Å². The zero-order chi connectivity index (χ0) is 8.29. The second-order valence-electron chi connectivity index (χ2n) is 4.39. The fourth-order valence-corrected chi connectivity index (χ4v) is 3.44. The third-order valence-corrected chi connectivity index (χ3v) is 4.01. The number of carbonyl (C=O) groups is 2. The van der Waals surface area contributed by atoms with Crippen LogP contribution in [0.5, 0.6) is 0 Å². The molecule has 0 amide bonds. The molecule has 0 saturated heterocycles. The zero-order valence-electron chi connectivity index (χ0n) is 6.95. The second-order valence-corrected chi connectivity index (χ2v) is 4.39. The molecule has 0 aromatic rings. The number of hydrogen-bond donors (Lipinski definition) is 0. The molecule has 0 aliphatic heterocycles. The molecule has 3 aliphatic carbocycles.